The largest absolute Gasteiger partial charge is 0.423 e. The van der Waals surface area contributed by atoms with Crippen LogP contribution in [0.4, 0.5) is 8.78 Å². The normalized spacial score (nSPS) is 10.0. The number of esters is 2. The summed E-state index contributed by atoms with van der Waals surface area (Å²) in [6.45, 7) is 8.04. The van der Waals surface area contributed by atoms with E-state index in [1.807, 2.05) is 0 Å². The van der Waals surface area contributed by atoms with E-state index in [2.05, 4.69) is 13.2 Å². The first-order valence-electron chi connectivity index (χ1n) is 7.14. The van der Waals surface area contributed by atoms with Crippen molar-refractivity contribution in [3.63, 3.8) is 0 Å². The molecule has 0 fully saturated rings. The van der Waals surface area contributed by atoms with Gasteiger partial charge in [0.05, 0.1) is 0 Å². The van der Waals surface area contributed by atoms with Crippen molar-refractivity contribution in [3.05, 3.63) is 72.8 Å². The van der Waals surface area contributed by atoms with Gasteiger partial charge in [0.25, 0.3) is 0 Å². The molecule has 4 nitrogen and oxygen atoms in total. The Morgan fingerprint density at radius 3 is 2.20 bits per heavy atom. The van der Waals surface area contributed by atoms with Crippen LogP contribution in [0, 0.1) is 11.6 Å². The molecule has 6 heteroatoms. The monoisotopic (exact) mass is 344 g/mol. The Morgan fingerprint density at radius 1 is 1.00 bits per heavy atom. The van der Waals surface area contributed by atoms with E-state index in [1.54, 1.807) is 0 Å². The lowest BCUT2D eigenvalue weighted by molar-refractivity contribution is -0.130. The van der Waals surface area contributed by atoms with E-state index < -0.39 is 29.3 Å². The fourth-order valence-electron chi connectivity index (χ4n) is 1.88. The van der Waals surface area contributed by atoms with Crippen molar-refractivity contribution in [2.75, 3.05) is 0 Å². The molecule has 0 aliphatic heterocycles. The highest BCUT2D eigenvalue weighted by Crippen LogP contribution is 2.31. The fraction of sp³-hybridized carbons (Fsp3) is 0.0526. The highest BCUT2D eigenvalue weighted by Gasteiger charge is 2.18. The summed E-state index contributed by atoms with van der Waals surface area (Å²) in [5, 5.41) is 0. The molecule has 2 aromatic carbocycles. The highest BCUT2D eigenvalue weighted by molar-refractivity contribution is 5.89. The summed E-state index contributed by atoms with van der Waals surface area (Å²) < 4.78 is 38.0. The molecule has 0 unspecified atom stereocenters. The third kappa shape index (κ3) is 4.17. The maximum atomic E-state index is 14.3. The Balaban J connectivity index is 2.29. The summed E-state index contributed by atoms with van der Waals surface area (Å²) >= 11 is 0. The minimum absolute atomic E-state index is 0.0331. The van der Waals surface area contributed by atoms with Crippen molar-refractivity contribution in [1.29, 1.82) is 0 Å². The zero-order chi connectivity index (χ0) is 18.6. The van der Waals surface area contributed by atoms with Gasteiger partial charge in [0.2, 0.25) is 5.82 Å². The van der Waals surface area contributed by atoms with Crippen LogP contribution in [0.5, 0.6) is 11.5 Å². The van der Waals surface area contributed by atoms with E-state index in [-0.39, 0.29) is 16.9 Å². The van der Waals surface area contributed by atoms with E-state index in [4.69, 9.17) is 9.47 Å². The van der Waals surface area contributed by atoms with E-state index in [9.17, 15) is 18.4 Å². The topological polar surface area (TPSA) is 52.6 Å². The van der Waals surface area contributed by atoms with Gasteiger partial charge in [-0.05, 0) is 36.8 Å². The number of carbonyl (C=O) groups is 2. The highest BCUT2D eigenvalue weighted by atomic mass is 19.2. The van der Waals surface area contributed by atoms with Gasteiger partial charge in [0, 0.05) is 17.2 Å². The molecule has 0 aromatic heterocycles. The summed E-state index contributed by atoms with van der Waals surface area (Å²) in [6.07, 6.45) is 1.01. The van der Waals surface area contributed by atoms with Gasteiger partial charge >= 0.3 is 11.9 Å². The smallest absolute Gasteiger partial charge is 0.338 e. The summed E-state index contributed by atoms with van der Waals surface area (Å²) in [5.74, 6) is -4.21. The number of ether oxygens (including phenoxy) is 2. The first-order valence-corrected chi connectivity index (χ1v) is 7.14. The van der Waals surface area contributed by atoms with Gasteiger partial charge in [-0.2, -0.15) is 4.39 Å². The van der Waals surface area contributed by atoms with E-state index in [1.165, 1.54) is 37.3 Å². The molecule has 128 valence electrons. The van der Waals surface area contributed by atoms with Gasteiger partial charge in [0.1, 0.15) is 5.75 Å². The van der Waals surface area contributed by atoms with Gasteiger partial charge < -0.3 is 9.47 Å². The average Bonchev–Trinajstić information content (AvgIpc) is 2.59. The summed E-state index contributed by atoms with van der Waals surface area (Å²) in [7, 11) is 0. The van der Waals surface area contributed by atoms with Gasteiger partial charge in [0.15, 0.2) is 11.6 Å². The van der Waals surface area contributed by atoms with Crippen LogP contribution in [0.3, 0.4) is 0 Å². The lowest BCUT2D eigenvalue weighted by atomic mass is 10.0. The minimum Gasteiger partial charge on any atom is -0.423 e. The predicted molar refractivity (Wildman–Crippen MR) is 88.1 cm³/mol. The van der Waals surface area contributed by atoms with Gasteiger partial charge in [-0.1, -0.05) is 25.3 Å². The maximum absolute atomic E-state index is 14.3. The number of benzene rings is 2. The van der Waals surface area contributed by atoms with Crippen LogP contribution in [0.15, 0.2) is 61.2 Å². The standard InChI is InChI=1S/C19H14F2O4/c1-4-16(22)24-13-7-5-12(6-8-13)14-9-10-15(18(21)17(14)20)25-19(23)11(2)3/h4-10H,1-2H2,3H3. The second-order valence-corrected chi connectivity index (χ2v) is 5.06. The Morgan fingerprint density at radius 2 is 1.64 bits per heavy atom. The van der Waals surface area contributed by atoms with Crippen molar-refractivity contribution in [2.24, 2.45) is 0 Å². The molecule has 2 aromatic rings. The lowest BCUT2D eigenvalue weighted by Crippen LogP contribution is -2.10. The molecular weight excluding hydrogens is 330 g/mol. The SMILES string of the molecule is C=CC(=O)Oc1ccc(-c2ccc(OC(=O)C(=C)C)c(F)c2F)cc1. The van der Waals surface area contributed by atoms with Crippen molar-refractivity contribution < 1.29 is 27.8 Å². The second-order valence-electron chi connectivity index (χ2n) is 5.06. The van der Waals surface area contributed by atoms with Crippen molar-refractivity contribution >= 4 is 11.9 Å². The van der Waals surface area contributed by atoms with Crippen molar-refractivity contribution in [1.82, 2.24) is 0 Å². The van der Waals surface area contributed by atoms with Crippen LogP contribution in [0.25, 0.3) is 11.1 Å². The fourth-order valence-corrected chi connectivity index (χ4v) is 1.88. The van der Waals surface area contributed by atoms with Crippen LogP contribution in [0.1, 0.15) is 6.92 Å². The molecule has 25 heavy (non-hydrogen) atoms. The molecule has 2 rings (SSSR count). The Hall–Kier alpha value is -3.28. The molecule has 0 saturated carbocycles. The number of rotatable bonds is 5. The summed E-state index contributed by atoms with van der Waals surface area (Å²) in [4.78, 5) is 22.5. The molecule has 0 amide bonds. The third-order valence-electron chi connectivity index (χ3n) is 3.15. The molecular formula is C19H14F2O4. The lowest BCUT2D eigenvalue weighted by Gasteiger charge is -2.10. The molecule has 0 saturated heterocycles. The second kappa shape index (κ2) is 7.53. The first kappa shape index (κ1) is 18.1. The molecule has 0 aliphatic carbocycles. The number of halogens is 2. The summed E-state index contributed by atoms with van der Waals surface area (Å²) in [5.41, 5.74) is 0.385. The van der Waals surface area contributed by atoms with Crippen LogP contribution in [-0.4, -0.2) is 11.9 Å². The Kier molecular flexibility index (Phi) is 5.44. The Bertz CT molecular complexity index is 854. The average molecular weight is 344 g/mol. The number of carbonyl (C=O) groups excluding carboxylic acids is 2. The van der Waals surface area contributed by atoms with Gasteiger partial charge in [-0.25, -0.2) is 14.0 Å². The number of hydrogen-bond donors (Lipinski definition) is 0. The predicted octanol–water partition coefficient (Wildman–Crippen LogP) is 4.20. The van der Waals surface area contributed by atoms with E-state index >= 15 is 0 Å². The van der Waals surface area contributed by atoms with Crippen LogP contribution < -0.4 is 9.47 Å². The summed E-state index contributed by atoms with van der Waals surface area (Å²) in [6, 6.07) is 8.23. The quantitative estimate of drug-likeness (QED) is 0.463. The van der Waals surface area contributed by atoms with E-state index in [0.717, 1.165) is 12.1 Å². The molecule has 0 radical (unpaired) electrons. The number of hydrogen-bond acceptors (Lipinski definition) is 4. The minimum atomic E-state index is -1.28. The molecule has 0 spiro atoms. The first-order chi connectivity index (χ1) is 11.8. The molecule has 0 aliphatic rings. The van der Waals surface area contributed by atoms with Gasteiger partial charge in [-0.3, -0.25) is 0 Å². The Labute approximate surface area is 143 Å². The van der Waals surface area contributed by atoms with Crippen LogP contribution in [0.2, 0.25) is 0 Å². The van der Waals surface area contributed by atoms with E-state index in [0.29, 0.717) is 5.56 Å². The van der Waals surface area contributed by atoms with Gasteiger partial charge in [-0.15, -0.1) is 0 Å². The zero-order valence-corrected chi connectivity index (χ0v) is 13.3. The molecule has 0 N–H and O–H groups in total. The van der Waals surface area contributed by atoms with Crippen LogP contribution in [-0.2, 0) is 9.59 Å². The van der Waals surface area contributed by atoms with Crippen molar-refractivity contribution in [3.8, 4) is 22.6 Å². The molecule has 0 heterocycles. The maximum Gasteiger partial charge on any atom is 0.338 e. The van der Waals surface area contributed by atoms with Crippen molar-refractivity contribution in [2.45, 2.75) is 6.92 Å². The molecule has 0 bridgehead atoms. The third-order valence-corrected chi connectivity index (χ3v) is 3.15. The van der Waals surface area contributed by atoms with Crippen LogP contribution >= 0.6 is 0 Å². The molecule has 0 atom stereocenters. The zero-order valence-electron chi connectivity index (χ0n) is 13.3.